The molecule has 1 aromatic rings. The van der Waals surface area contributed by atoms with Crippen LogP contribution in [0.4, 0.5) is 0 Å². The van der Waals surface area contributed by atoms with Crippen molar-refractivity contribution < 1.29 is 14.6 Å². The number of benzene rings is 1. The number of carbonyl (C=O) groups excluding carboxylic acids is 1. The number of phenolic OH excluding ortho intramolecular Hbond substituents is 1. The fraction of sp³-hybridized carbons (Fsp3) is 0.800. The molecule has 3 heteroatoms. The van der Waals surface area contributed by atoms with Crippen molar-refractivity contribution in [2.75, 3.05) is 0 Å². The Balaban J connectivity index is 2.25. The molecule has 0 aliphatic rings. The number of esters is 1. The number of phenols is 1. The lowest BCUT2D eigenvalue weighted by molar-refractivity contribution is -0.138. The number of hydrogen-bond acceptors (Lipinski definition) is 3. The highest BCUT2D eigenvalue weighted by molar-refractivity contribution is 5.75. The van der Waals surface area contributed by atoms with Crippen LogP contribution in [-0.2, 0) is 15.6 Å². The number of ether oxygens (including phenoxy) is 1. The van der Waals surface area contributed by atoms with Gasteiger partial charge in [0.1, 0.15) is 11.5 Å². The molecule has 0 aromatic heterocycles. The Morgan fingerprint density at radius 1 is 0.684 bits per heavy atom. The summed E-state index contributed by atoms with van der Waals surface area (Å²) in [6, 6.07) is 3.67. The molecule has 220 valence electrons. The Hall–Kier alpha value is -1.51. The predicted molar refractivity (Wildman–Crippen MR) is 164 cm³/mol. The first-order chi connectivity index (χ1) is 17.9. The van der Waals surface area contributed by atoms with Gasteiger partial charge in [-0.25, -0.2) is 0 Å². The predicted octanol–water partition coefficient (Wildman–Crippen LogP) is 11.2. The maximum atomic E-state index is 12.8. The summed E-state index contributed by atoms with van der Waals surface area (Å²) in [7, 11) is 0. The fourth-order valence-corrected chi connectivity index (χ4v) is 5.14. The first kappa shape index (κ1) is 34.5. The maximum absolute atomic E-state index is 12.8. The minimum atomic E-state index is -0.244. The molecule has 0 saturated heterocycles. The van der Waals surface area contributed by atoms with Gasteiger partial charge in [0.15, 0.2) is 0 Å². The lowest BCUT2D eigenvalue weighted by Gasteiger charge is -2.28. The Morgan fingerprint density at radius 3 is 1.37 bits per heavy atom. The van der Waals surface area contributed by atoms with Crippen LogP contribution in [0.3, 0.4) is 0 Å². The summed E-state index contributed by atoms with van der Waals surface area (Å²) in [4.78, 5) is 12.8. The van der Waals surface area contributed by atoms with E-state index < -0.39 is 0 Å². The van der Waals surface area contributed by atoms with Crippen molar-refractivity contribution in [1.29, 1.82) is 0 Å². The van der Waals surface area contributed by atoms with E-state index in [9.17, 15) is 9.90 Å². The molecule has 0 aliphatic heterocycles. The third kappa shape index (κ3) is 14.0. The van der Waals surface area contributed by atoms with Crippen molar-refractivity contribution in [3.05, 3.63) is 23.3 Å². The Bertz CT molecular complexity index is 746. The molecule has 3 nitrogen and oxygen atoms in total. The zero-order chi connectivity index (χ0) is 28.6. The Labute approximate surface area is 236 Å². The topological polar surface area (TPSA) is 46.5 Å². The van der Waals surface area contributed by atoms with Gasteiger partial charge in [0.25, 0.3) is 0 Å². The van der Waals surface area contributed by atoms with Crippen molar-refractivity contribution in [3.63, 3.8) is 0 Å². The number of aromatic hydroxyl groups is 1. The molecule has 1 aromatic carbocycles. The summed E-state index contributed by atoms with van der Waals surface area (Å²) in [6.45, 7) is 16.7. The van der Waals surface area contributed by atoms with Gasteiger partial charge in [-0.05, 0) is 29.4 Å². The Kier molecular flexibility index (Phi) is 16.3. The van der Waals surface area contributed by atoms with Gasteiger partial charge in [-0.2, -0.15) is 0 Å². The van der Waals surface area contributed by atoms with E-state index in [1.807, 2.05) is 19.1 Å². The van der Waals surface area contributed by atoms with Crippen LogP contribution in [0.15, 0.2) is 12.1 Å². The lowest BCUT2D eigenvalue weighted by Crippen LogP contribution is -2.20. The summed E-state index contributed by atoms with van der Waals surface area (Å²) >= 11 is 0. The SMILES string of the molecule is CCCCCCCCCCCCCCCCCCC(C)C(=O)Oc1cc(C(C)(C)C)c(O)c(C(C)(C)C)c1. The van der Waals surface area contributed by atoms with Gasteiger partial charge in [0.05, 0.1) is 5.92 Å². The molecule has 38 heavy (non-hydrogen) atoms. The average molecular weight is 531 g/mol. The molecule has 0 heterocycles. The van der Waals surface area contributed by atoms with Gasteiger partial charge in [0.2, 0.25) is 0 Å². The highest BCUT2D eigenvalue weighted by atomic mass is 16.5. The minimum absolute atomic E-state index is 0.119. The molecule has 1 unspecified atom stereocenters. The first-order valence-electron chi connectivity index (χ1n) is 16.0. The van der Waals surface area contributed by atoms with Crippen molar-refractivity contribution in [2.45, 2.75) is 175 Å². The van der Waals surface area contributed by atoms with E-state index >= 15 is 0 Å². The molecule has 0 spiro atoms. The van der Waals surface area contributed by atoms with Crippen LogP contribution in [0.2, 0.25) is 0 Å². The number of carbonyl (C=O) groups is 1. The molecule has 1 N–H and O–H groups in total. The smallest absolute Gasteiger partial charge is 0.314 e. The number of hydrogen-bond donors (Lipinski definition) is 1. The van der Waals surface area contributed by atoms with Crippen LogP contribution in [0.25, 0.3) is 0 Å². The molecule has 0 amide bonds. The van der Waals surface area contributed by atoms with Gasteiger partial charge in [-0.3, -0.25) is 4.79 Å². The number of unbranched alkanes of at least 4 members (excludes halogenated alkanes) is 15. The second kappa shape index (κ2) is 18.0. The van der Waals surface area contributed by atoms with Crippen molar-refractivity contribution >= 4 is 5.97 Å². The summed E-state index contributed by atoms with van der Waals surface area (Å²) in [5, 5.41) is 10.9. The van der Waals surface area contributed by atoms with Crippen LogP contribution >= 0.6 is 0 Å². The summed E-state index contributed by atoms with van der Waals surface area (Å²) in [6.07, 6.45) is 22.6. The van der Waals surface area contributed by atoms with Crippen LogP contribution in [0, 0.1) is 5.92 Å². The summed E-state index contributed by atoms with van der Waals surface area (Å²) in [5.41, 5.74) is 1.15. The molecular formula is C35H62O3. The first-order valence-corrected chi connectivity index (χ1v) is 16.0. The van der Waals surface area contributed by atoms with E-state index in [2.05, 4.69) is 48.5 Å². The van der Waals surface area contributed by atoms with Crippen molar-refractivity contribution in [3.8, 4) is 11.5 Å². The van der Waals surface area contributed by atoms with E-state index in [1.54, 1.807) is 0 Å². The standard InChI is InChI=1S/C35H62O3/c1-9-10-11-12-13-14-15-16-17-18-19-20-21-22-23-24-25-28(2)33(37)38-29-26-30(34(3,4)5)32(36)31(27-29)35(6,7)8/h26-28,36H,9-25H2,1-8H3. The van der Waals surface area contributed by atoms with E-state index in [0.29, 0.717) is 11.5 Å². The number of rotatable bonds is 19. The molecule has 0 radical (unpaired) electrons. The van der Waals surface area contributed by atoms with E-state index in [4.69, 9.17) is 4.74 Å². The molecule has 0 aliphatic carbocycles. The third-order valence-corrected chi connectivity index (χ3v) is 7.81. The van der Waals surface area contributed by atoms with E-state index in [1.165, 1.54) is 96.3 Å². The van der Waals surface area contributed by atoms with Gasteiger partial charge in [-0.15, -0.1) is 0 Å². The summed E-state index contributed by atoms with van der Waals surface area (Å²) < 4.78 is 5.83. The van der Waals surface area contributed by atoms with Gasteiger partial charge >= 0.3 is 5.97 Å². The maximum Gasteiger partial charge on any atom is 0.314 e. The third-order valence-electron chi connectivity index (χ3n) is 7.81. The second-order valence-corrected chi connectivity index (χ2v) is 13.8. The molecule has 1 atom stereocenters. The minimum Gasteiger partial charge on any atom is -0.507 e. The normalized spacial score (nSPS) is 13.1. The van der Waals surface area contributed by atoms with Gasteiger partial charge in [0, 0.05) is 11.1 Å². The van der Waals surface area contributed by atoms with Crippen LogP contribution in [0.5, 0.6) is 11.5 Å². The van der Waals surface area contributed by atoms with E-state index in [-0.39, 0.29) is 22.7 Å². The van der Waals surface area contributed by atoms with Crippen molar-refractivity contribution in [1.82, 2.24) is 0 Å². The van der Waals surface area contributed by atoms with Crippen LogP contribution in [-0.4, -0.2) is 11.1 Å². The molecule has 0 fully saturated rings. The van der Waals surface area contributed by atoms with Crippen molar-refractivity contribution in [2.24, 2.45) is 5.92 Å². The average Bonchev–Trinajstić information content (AvgIpc) is 2.83. The van der Waals surface area contributed by atoms with Crippen LogP contribution in [0.1, 0.15) is 176 Å². The second-order valence-electron chi connectivity index (χ2n) is 13.8. The zero-order valence-corrected chi connectivity index (χ0v) is 26.5. The molecule has 1 rings (SSSR count). The zero-order valence-electron chi connectivity index (χ0n) is 26.5. The molecular weight excluding hydrogens is 468 g/mol. The molecule has 0 bridgehead atoms. The lowest BCUT2D eigenvalue weighted by atomic mass is 9.79. The van der Waals surface area contributed by atoms with E-state index in [0.717, 1.165) is 24.0 Å². The molecule has 0 saturated carbocycles. The highest BCUT2D eigenvalue weighted by Gasteiger charge is 2.28. The van der Waals surface area contributed by atoms with Gasteiger partial charge in [-0.1, -0.05) is 158 Å². The van der Waals surface area contributed by atoms with Gasteiger partial charge < -0.3 is 9.84 Å². The summed E-state index contributed by atoms with van der Waals surface area (Å²) in [5.74, 6) is 0.565. The highest BCUT2D eigenvalue weighted by Crippen LogP contribution is 2.41. The largest absolute Gasteiger partial charge is 0.507 e. The quantitative estimate of drug-likeness (QED) is 0.110. The monoisotopic (exact) mass is 530 g/mol. The fourth-order valence-electron chi connectivity index (χ4n) is 5.14. The van der Waals surface area contributed by atoms with Crippen LogP contribution < -0.4 is 4.74 Å². The Morgan fingerprint density at radius 2 is 1.03 bits per heavy atom.